The van der Waals surface area contributed by atoms with Crippen molar-refractivity contribution in [1.29, 1.82) is 0 Å². The van der Waals surface area contributed by atoms with Gasteiger partial charge in [-0.25, -0.2) is 0 Å². The van der Waals surface area contributed by atoms with Crippen molar-refractivity contribution in [3.05, 3.63) is 77.3 Å². The van der Waals surface area contributed by atoms with Gasteiger partial charge in [0.25, 0.3) is 0 Å². The van der Waals surface area contributed by atoms with Crippen LogP contribution in [0.2, 0.25) is 0 Å². The monoisotopic (exact) mass is 318 g/mol. The molecule has 1 atom stereocenters. The van der Waals surface area contributed by atoms with E-state index in [1.165, 1.54) is 0 Å². The number of hydrogen-bond acceptors (Lipinski definition) is 2. The first kappa shape index (κ1) is 13.8. The Kier molecular flexibility index (Phi) is 5.19. The number of halogens is 1. The molecule has 0 saturated heterocycles. The van der Waals surface area contributed by atoms with E-state index in [0.717, 1.165) is 15.8 Å². The van der Waals surface area contributed by atoms with Gasteiger partial charge in [-0.1, -0.05) is 58.9 Å². The molecule has 0 radical (unpaired) electrons. The maximum absolute atomic E-state index is 5.69. The van der Waals surface area contributed by atoms with E-state index < -0.39 is 6.29 Å². The maximum atomic E-state index is 5.69. The minimum absolute atomic E-state index is 0.463. The van der Waals surface area contributed by atoms with E-state index in [9.17, 15) is 0 Å². The van der Waals surface area contributed by atoms with Crippen molar-refractivity contribution in [1.82, 2.24) is 0 Å². The summed E-state index contributed by atoms with van der Waals surface area (Å²) in [6.07, 6.45) is 1.18. The summed E-state index contributed by atoms with van der Waals surface area (Å²) in [5, 5.41) is 0. The Labute approximate surface area is 121 Å². The molecule has 0 bridgehead atoms. The first-order valence-electron chi connectivity index (χ1n) is 5.99. The molecule has 0 unspecified atom stereocenters. The zero-order valence-corrected chi connectivity index (χ0v) is 12.0. The highest BCUT2D eigenvalue weighted by Crippen LogP contribution is 2.18. The SMILES string of the molecule is C=C[C@@H](OCc1ccccc1Br)Oc1ccccc1. The second-order valence-electron chi connectivity index (χ2n) is 3.94. The van der Waals surface area contributed by atoms with Gasteiger partial charge in [0.1, 0.15) is 5.75 Å². The van der Waals surface area contributed by atoms with Crippen molar-refractivity contribution in [3.8, 4) is 5.75 Å². The lowest BCUT2D eigenvalue weighted by Gasteiger charge is -2.16. The van der Waals surface area contributed by atoms with Crippen LogP contribution in [0, 0.1) is 0 Å². The zero-order valence-electron chi connectivity index (χ0n) is 10.5. The topological polar surface area (TPSA) is 18.5 Å². The minimum atomic E-state index is -0.463. The fraction of sp³-hybridized carbons (Fsp3) is 0.125. The van der Waals surface area contributed by atoms with Gasteiger partial charge in [0.2, 0.25) is 6.29 Å². The van der Waals surface area contributed by atoms with Gasteiger partial charge in [0.05, 0.1) is 6.61 Å². The van der Waals surface area contributed by atoms with E-state index in [1.54, 1.807) is 6.08 Å². The smallest absolute Gasteiger partial charge is 0.219 e. The number of benzene rings is 2. The molecule has 2 nitrogen and oxygen atoms in total. The highest BCUT2D eigenvalue weighted by molar-refractivity contribution is 9.10. The maximum Gasteiger partial charge on any atom is 0.219 e. The molecular formula is C16H15BrO2. The van der Waals surface area contributed by atoms with Crippen LogP contribution in [-0.4, -0.2) is 6.29 Å². The van der Waals surface area contributed by atoms with Crippen LogP contribution in [0.4, 0.5) is 0 Å². The summed E-state index contributed by atoms with van der Waals surface area (Å²) in [4.78, 5) is 0. The third kappa shape index (κ3) is 4.23. The van der Waals surface area contributed by atoms with Crippen molar-refractivity contribution >= 4 is 15.9 Å². The van der Waals surface area contributed by atoms with Gasteiger partial charge in [0, 0.05) is 4.47 Å². The molecule has 0 aliphatic rings. The van der Waals surface area contributed by atoms with E-state index >= 15 is 0 Å². The molecule has 98 valence electrons. The van der Waals surface area contributed by atoms with Crippen LogP contribution in [0.25, 0.3) is 0 Å². The quantitative estimate of drug-likeness (QED) is 0.574. The molecule has 2 aromatic rings. The Morgan fingerprint density at radius 1 is 1.05 bits per heavy atom. The van der Waals surface area contributed by atoms with E-state index in [2.05, 4.69) is 22.5 Å². The Balaban J connectivity index is 1.93. The van der Waals surface area contributed by atoms with Crippen LogP contribution in [0.3, 0.4) is 0 Å². The van der Waals surface area contributed by atoms with E-state index in [4.69, 9.17) is 9.47 Å². The van der Waals surface area contributed by atoms with Gasteiger partial charge in [-0.05, 0) is 29.8 Å². The predicted octanol–water partition coefficient (Wildman–Crippen LogP) is 4.56. The molecule has 3 heteroatoms. The fourth-order valence-corrected chi connectivity index (χ4v) is 1.97. The Bertz CT molecular complexity index is 525. The lowest BCUT2D eigenvalue weighted by atomic mass is 10.2. The van der Waals surface area contributed by atoms with Gasteiger partial charge in [-0.2, -0.15) is 0 Å². The molecule has 0 N–H and O–H groups in total. The minimum Gasteiger partial charge on any atom is -0.461 e. The number of rotatable bonds is 6. The zero-order chi connectivity index (χ0) is 13.5. The summed E-state index contributed by atoms with van der Waals surface area (Å²) in [6, 6.07) is 17.5. The van der Waals surface area contributed by atoms with Crippen LogP contribution < -0.4 is 4.74 Å². The highest BCUT2D eigenvalue weighted by atomic mass is 79.9. The van der Waals surface area contributed by atoms with Gasteiger partial charge >= 0.3 is 0 Å². The molecular weight excluding hydrogens is 304 g/mol. The lowest BCUT2D eigenvalue weighted by Crippen LogP contribution is -2.17. The number of hydrogen-bond donors (Lipinski definition) is 0. The standard InChI is InChI=1S/C16H15BrO2/c1-2-16(19-14-9-4-3-5-10-14)18-12-13-8-6-7-11-15(13)17/h2-11,16H,1,12H2/t16-/m0/s1. The van der Waals surface area contributed by atoms with Crippen molar-refractivity contribution in [2.45, 2.75) is 12.9 Å². The first-order valence-corrected chi connectivity index (χ1v) is 6.78. The molecule has 0 aliphatic carbocycles. The number of ether oxygens (including phenoxy) is 2. The summed E-state index contributed by atoms with van der Waals surface area (Å²) < 4.78 is 12.4. The largest absolute Gasteiger partial charge is 0.461 e. The molecule has 0 amide bonds. The second-order valence-corrected chi connectivity index (χ2v) is 4.79. The van der Waals surface area contributed by atoms with Crippen LogP contribution in [0.15, 0.2) is 71.7 Å². The molecule has 0 saturated carbocycles. The predicted molar refractivity (Wildman–Crippen MR) is 80.0 cm³/mol. The average Bonchev–Trinajstić information content (AvgIpc) is 2.46. The first-order chi connectivity index (χ1) is 9.29. The van der Waals surface area contributed by atoms with E-state index in [1.807, 2.05) is 54.6 Å². The summed E-state index contributed by atoms with van der Waals surface area (Å²) >= 11 is 3.49. The summed E-state index contributed by atoms with van der Waals surface area (Å²) in [7, 11) is 0. The lowest BCUT2D eigenvalue weighted by molar-refractivity contribution is -0.0554. The third-order valence-corrected chi connectivity index (χ3v) is 3.32. The Hall–Kier alpha value is -1.58. The van der Waals surface area contributed by atoms with Crippen LogP contribution in [-0.2, 0) is 11.3 Å². The van der Waals surface area contributed by atoms with E-state index in [0.29, 0.717) is 6.61 Å². The third-order valence-electron chi connectivity index (χ3n) is 2.55. The molecule has 19 heavy (non-hydrogen) atoms. The van der Waals surface area contributed by atoms with Crippen LogP contribution in [0.5, 0.6) is 5.75 Å². The summed E-state index contributed by atoms with van der Waals surface area (Å²) in [6.45, 7) is 4.19. The van der Waals surface area contributed by atoms with Crippen LogP contribution >= 0.6 is 15.9 Å². The van der Waals surface area contributed by atoms with E-state index in [-0.39, 0.29) is 0 Å². The second kappa shape index (κ2) is 7.12. The van der Waals surface area contributed by atoms with Gasteiger partial charge < -0.3 is 9.47 Å². The van der Waals surface area contributed by atoms with Crippen LogP contribution in [0.1, 0.15) is 5.56 Å². The van der Waals surface area contributed by atoms with Crippen molar-refractivity contribution < 1.29 is 9.47 Å². The Morgan fingerprint density at radius 3 is 2.42 bits per heavy atom. The molecule has 2 rings (SSSR count). The van der Waals surface area contributed by atoms with Crippen molar-refractivity contribution in [3.63, 3.8) is 0 Å². The molecule has 0 spiro atoms. The van der Waals surface area contributed by atoms with Gasteiger partial charge in [0.15, 0.2) is 0 Å². The highest BCUT2D eigenvalue weighted by Gasteiger charge is 2.07. The van der Waals surface area contributed by atoms with Crippen molar-refractivity contribution in [2.75, 3.05) is 0 Å². The molecule has 0 aliphatic heterocycles. The summed E-state index contributed by atoms with van der Waals surface area (Å²) in [5.41, 5.74) is 1.08. The van der Waals surface area contributed by atoms with Crippen molar-refractivity contribution in [2.24, 2.45) is 0 Å². The summed E-state index contributed by atoms with van der Waals surface area (Å²) in [5.74, 6) is 0.763. The fourth-order valence-electron chi connectivity index (χ4n) is 1.57. The Morgan fingerprint density at radius 2 is 1.74 bits per heavy atom. The molecule has 0 heterocycles. The van der Waals surface area contributed by atoms with Gasteiger partial charge in [-0.15, -0.1) is 0 Å². The molecule has 2 aromatic carbocycles. The van der Waals surface area contributed by atoms with Gasteiger partial charge in [-0.3, -0.25) is 0 Å². The normalized spacial score (nSPS) is 11.8. The molecule has 0 fully saturated rings. The number of para-hydroxylation sites is 1. The average molecular weight is 319 g/mol. The molecule has 0 aromatic heterocycles.